The first kappa shape index (κ1) is 13.4. The van der Waals surface area contributed by atoms with E-state index < -0.39 is 11.2 Å². The first-order valence-corrected chi connectivity index (χ1v) is 5.20. The van der Waals surface area contributed by atoms with Crippen LogP contribution in [0.15, 0.2) is 18.2 Å². The number of benzene rings is 1. The minimum Gasteiger partial charge on any atom is -0.396 e. The third-order valence-corrected chi connectivity index (χ3v) is 2.59. The average molecular weight is 238 g/mol. The summed E-state index contributed by atoms with van der Waals surface area (Å²) in [6.07, 6.45) is 0. The van der Waals surface area contributed by atoms with Gasteiger partial charge in [0.2, 0.25) is 0 Å². The van der Waals surface area contributed by atoms with Crippen LogP contribution in [0, 0.1) is 22.6 Å². The maximum absolute atomic E-state index is 13.3. The normalized spacial score (nSPS) is 11.0. The number of hydrogen-bond acceptors (Lipinski definition) is 4. The number of halogens is 1. The number of nitrogens with one attached hydrogen (secondary N) is 1. The van der Waals surface area contributed by atoms with E-state index in [1.165, 1.54) is 12.1 Å². The summed E-state index contributed by atoms with van der Waals surface area (Å²) in [6, 6.07) is 6.06. The number of hydrogen-bond donors (Lipinski definition) is 3. The SMILES string of the molecule is CC(CO)(CO)CNc1cccc(F)c1C#N. The molecular formula is C12H15FN2O2. The fourth-order valence-electron chi connectivity index (χ4n) is 1.26. The van der Waals surface area contributed by atoms with E-state index in [0.717, 1.165) is 0 Å². The van der Waals surface area contributed by atoms with Crippen LogP contribution in [0.25, 0.3) is 0 Å². The monoisotopic (exact) mass is 238 g/mol. The number of aliphatic hydroxyl groups excluding tert-OH is 2. The lowest BCUT2D eigenvalue weighted by atomic mass is 9.93. The van der Waals surface area contributed by atoms with E-state index in [1.54, 1.807) is 19.1 Å². The Morgan fingerprint density at radius 1 is 1.41 bits per heavy atom. The van der Waals surface area contributed by atoms with Crippen LogP contribution < -0.4 is 5.32 Å². The molecule has 17 heavy (non-hydrogen) atoms. The molecule has 0 aliphatic heterocycles. The summed E-state index contributed by atoms with van der Waals surface area (Å²) in [5.41, 5.74) is -0.412. The standard InChI is InChI=1S/C12H15FN2O2/c1-12(7-16,8-17)6-15-11-4-2-3-10(13)9(11)5-14/h2-4,15-17H,6-8H2,1H3. The summed E-state index contributed by atoms with van der Waals surface area (Å²) in [6.45, 7) is 1.53. The minimum absolute atomic E-state index is 0.0641. The highest BCUT2D eigenvalue weighted by Crippen LogP contribution is 2.21. The molecule has 0 saturated carbocycles. The third kappa shape index (κ3) is 3.16. The first-order chi connectivity index (χ1) is 8.06. The van der Waals surface area contributed by atoms with Gasteiger partial charge in [-0.15, -0.1) is 0 Å². The van der Waals surface area contributed by atoms with Crippen LogP contribution in [0.4, 0.5) is 10.1 Å². The second kappa shape index (κ2) is 5.62. The fraction of sp³-hybridized carbons (Fsp3) is 0.417. The van der Waals surface area contributed by atoms with Gasteiger partial charge in [-0.3, -0.25) is 0 Å². The van der Waals surface area contributed by atoms with Crippen molar-refractivity contribution in [3.8, 4) is 6.07 Å². The smallest absolute Gasteiger partial charge is 0.143 e. The molecule has 5 heteroatoms. The van der Waals surface area contributed by atoms with Gasteiger partial charge < -0.3 is 15.5 Å². The second-order valence-corrected chi connectivity index (χ2v) is 4.25. The van der Waals surface area contributed by atoms with Gasteiger partial charge >= 0.3 is 0 Å². The van der Waals surface area contributed by atoms with Crippen molar-refractivity contribution in [2.75, 3.05) is 25.1 Å². The van der Waals surface area contributed by atoms with E-state index >= 15 is 0 Å². The Kier molecular flexibility index (Phi) is 4.44. The van der Waals surface area contributed by atoms with Crippen LogP contribution in [0.1, 0.15) is 12.5 Å². The van der Waals surface area contributed by atoms with Gasteiger partial charge in [0.25, 0.3) is 0 Å². The summed E-state index contributed by atoms with van der Waals surface area (Å²) in [4.78, 5) is 0. The van der Waals surface area contributed by atoms with Crippen molar-refractivity contribution in [3.05, 3.63) is 29.6 Å². The van der Waals surface area contributed by atoms with Crippen molar-refractivity contribution in [1.82, 2.24) is 0 Å². The summed E-state index contributed by atoms with van der Waals surface area (Å²) in [7, 11) is 0. The highest BCUT2D eigenvalue weighted by molar-refractivity contribution is 5.57. The van der Waals surface area contributed by atoms with Crippen molar-refractivity contribution in [3.63, 3.8) is 0 Å². The van der Waals surface area contributed by atoms with Crippen LogP contribution in [0.2, 0.25) is 0 Å². The predicted octanol–water partition coefficient (Wildman–Crippen LogP) is 1.10. The van der Waals surface area contributed by atoms with Gasteiger partial charge in [-0.1, -0.05) is 13.0 Å². The zero-order valence-corrected chi connectivity index (χ0v) is 9.57. The Balaban J connectivity index is 2.83. The molecular weight excluding hydrogens is 223 g/mol. The largest absolute Gasteiger partial charge is 0.396 e. The van der Waals surface area contributed by atoms with Crippen LogP contribution >= 0.6 is 0 Å². The minimum atomic E-state index is -0.709. The van der Waals surface area contributed by atoms with Gasteiger partial charge in [-0.25, -0.2) is 4.39 Å². The molecule has 0 aliphatic rings. The molecule has 0 bridgehead atoms. The summed E-state index contributed by atoms with van der Waals surface area (Å²) in [5, 5.41) is 29.9. The third-order valence-electron chi connectivity index (χ3n) is 2.59. The molecule has 0 unspecified atom stereocenters. The Labute approximate surface area is 99.3 Å². The van der Waals surface area contributed by atoms with Gasteiger partial charge in [0.05, 0.1) is 18.9 Å². The first-order valence-electron chi connectivity index (χ1n) is 5.20. The Bertz CT molecular complexity index is 425. The molecule has 4 nitrogen and oxygen atoms in total. The van der Waals surface area contributed by atoms with Gasteiger partial charge in [-0.05, 0) is 12.1 Å². The Morgan fingerprint density at radius 3 is 2.59 bits per heavy atom. The van der Waals surface area contributed by atoms with Crippen LogP contribution in [-0.4, -0.2) is 30.0 Å². The van der Waals surface area contributed by atoms with Crippen molar-refractivity contribution in [1.29, 1.82) is 5.26 Å². The maximum Gasteiger partial charge on any atom is 0.143 e. The van der Waals surface area contributed by atoms with E-state index in [9.17, 15) is 4.39 Å². The molecule has 3 N–H and O–H groups in total. The van der Waals surface area contributed by atoms with Crippen molar-refractivity contribution in [2.24, 2.45) is 5.41 Å². The Hall–Kier alpha value is -1.64. The number of nitriles is 1. The van der Waals surface area contributed by atoms with Gasteiger partial charge in [0, 0.05) is 12.0 Å². The molecule has 1 rings (SSSR count). The topological polar surface area (TPSA) is 76.3 Å². The van der Waals surface area contributed by atoms with E-state index in [0.29, 0.717) is 5.69 Å². The quantitative estimate of drug-likeness (QED) is 0.718. The van der Waals surface area contributed by atoms with Crippen molar-refractivity contribution >= 4 is 5.69 Å². The zero-order chi connectivity index (χ0) is 12.9. The van der Waals surface area contributed by atoms with E-state index in [4.69, 9.17) is 15.5 Å². The van der Waals surface area contributed by atoms with E-state index in [-0.39, 0.29) is 25.3 Å². The lowest BCUT2D eigenvalue weighted by Gasteiger charge is -2.25. The van der Waals surface area contributed by atoms with Crippen LogP contribution in [0.3, 0.4) is 0 Å². The fourth-order valence-corrected chi connectivity index (χ4v) is 1.26. The Morgan fingerprint density at radius 2 is 2.06 bits per heavy atom. The molecule has 0 atom stereocenters. The highest BCUT2D eigenvalue weighted by Gasteiger charge is 2.22. The van der Waals surface area contributed by atoms with Crippen LogP contribution in [-0.2, 0) is 0 Å². The molecule has 0 aromatic heterocycles. The van der Waals surface area contributed by atoms with Gasteiger partial charge in [0.15, 0.2) is 0 Å². The number of aliphatic hydroxyl groups is 2. The van der Waals surface area contributed by atoms with Crippen LogP contribution in [0.5, 0.6) is 0 Å². The highest BCUT2D eigenvalue weighted by atomic mass is 19.1. The molecule has 0 spiro atoms. The van der Waals surface area contributed by atoms with Crippen molar-refractivity contribution < 1.29 is 14.6 Å². The number of rotatable bonds is 5. The lowest BCUT2D eigenvalue weighted by Crippen LogP contribution is -2.34. The molecule has 0 radical (unpaired) electrons. The summed E-state index contributed by atoms with van der Waals surface area (Å²) >= 11 is 0. The molecule has 0 fully saturated rings. The van der Waals surface area contributed by atoms with Crippen molar-refractivity contribution in [2.45, 2.75) is 6.92 Å². The molecule has 0 aliphatic carbocycles. The second-order valence-electron chi connectivity index (χ2n) is 4.25. The molecule has 0 amide bonds. The number of anilines is 1. The van der Waals surface area contributed by atoms with E-state index in [2.05, 4.69) is 5.32 Å². The molecule has 0 saturated heterocycles. The lowest BCUT2D eigenvalue weighted by molar-refractivity contribution is 0.0806. The molecule has 1 aromatic carbocycles. The predicted molar refractivity (Wildman–Crippen MR) is 61.9 cm³/mol. The number of nitrogens with zero attached hydrogens (tertiary/aromatic N) is 1. The average Bonchev–Trinajstić information content (AvgIpc) is 2.36. The molecule has 0 heterocycles. The van der Waals surface area contributed by atoms with Gasteiger partial charge in [0.1, 0.15) is 17.4 Å². The summed E-state index contributed by atoms with van der Waals surface area (Å²) in [5.74, 6) is -0.591. The molecule has 1 aromatic rings. The zero-order valence-electron chi connectivity index (χ0n) is 9.57. The van der Waals surface area contributed by atoms with E-state index in [1.807, 2.05) is 0 Å². The summed E-state index contributed by atoms with van der Waals surface area (Å²) < 4.78 is 13.3. The maximum atomic E-state index is 13.3. The van der Waals surface area contributed by atoms with Gasteiger partial charge in [-0.2, -0.15) is 5.26 Å². The molecule has 92 valence electrons.